The molecule has 3 aromatic carbocycles. The molecule has 186 valence electrons. The first kappa shape index (κ1) is 24.6. The van der Waals surface area contributed by atoms with Crippen molar-refractivity contribution in [1.82, 2.24) is 5.32 Å². The normalized spacial score (nSPS) is 10.7. The van der Waals surface area contributed by atoms with Crippen LogP contribution in [0.2, 0.25) is 0 Å². The molecule has 0 fully saturated rings. The summed E-state index contributed by atoms with van der Waals surface area (Å²) in [5, 5.41) is 6.31. The van der Waals surface area contributed by atoms with Gasteiger partial charge in [-0.1, -0.05) is 12.1 Å². The average Bonchev–Trinajstić information content (AvgIpc) is 3.32. The third-order valence-corrected chi connectivity index (χ3v) is 5.25. The van der Waals surface area contributed by atoms with E-state index in [1.54, 1.807) is 73.8 Å². The van der Waals surface area contributed by atoms with E-state index in [9.17, 15) is 9.59 Å². The minimum Gasteiger partial charge on any atom is -0.492 e. The molecular formula is C27H27N3O6. The van der Waals surface area contributed by atoms with Gasteiger partial charge in [0.05, 0.1) is 24.5 Å². The van der Waals surface area contributed by atoms with Gasteiger partial charge in [0.1, 0.15) is 30.3 Å². The predicted molar refractivity (Wildman–Crippen MR) is 137 cm³/mol. The Morgan fingerprint density at radius 2 is 1.61 bits per heavy atom. The fourth-order valence-corrected chi connectivity index (χ4v) is 3.39. The molecule has 0 aliphatic rings. The second-order valence-electron chi connectivity index (χ2n) is 7.82. The monoisotopic (exact) mass is 489 g/mol. The topological polar surface area (TPSA) is 125 Å². The molecule has 4 N–H and O–H groups in total. The summed E-state index contributed by atoms with van der Waals surface area (Å²) in [4.78, 5) is 24.9. The van der Waals surface area contributed by atoms with Crippen molar-refractivity contribution in [2.75, 3.05) is 44.5 Å². The van der Waals surface area contributed by atoms with Crippen molar-refractivity contribution < 1.29 is 28.2 Å². The lowest BCUT2D eigenvalue weighted by Crippen LogP contribution is -2.27. The van der Waals surface area contributed by atoms with Crippen LogP contribution in [0.1, 0.15) is 20.9 Å². The van der Waals surface area contributed by atoms with Crippen LogP contribution in [0.5, 0.6) is 11.5 Å². The molecule has 9 nitrogen and oxygen atoms in total. The molecule has 36 heavy (non-hydrogen) atoms. The number of amides is 2. The first-order chi connectivity index (χ1) is 17.5. The number of rotatable bonds is 11. The Labute approximate surface area is 208 Å². The summed E-state index contributed by atoms with van der Waals surface area (Å²) in [6, 6.07) is 20.8. The van der Waals surface area contributed by atoms with E-state index in [1.165, 1.54) is 0 Å². The van der Waals surface area contributed by atoms with E-state index in [2.05, 4.69) is 10.6 Å². The molecule has 0 unspecified atom stereocenters. The molecule has 0 aliphatic heterocycles. The van der Waals surface area contributed by atoms with Gasteiger partial charge in [0.25, 0.3) is 11.8 Å². The number of nitrogens with two attached hydrogens (primary N) is 1. The quantitative estimate of drug-likeness (QED) is 0.214. The van der Waals surface area contributed by atoms with Crippen LogP contribution in [-0.2, 0) is 4.74 Å². The van der Waals surface area contributed by atoms with E-state index < -0.39 is 0 Å². The van der Waals surface area contributed by atoms with Gasteiger partial charge in [0, 0.05) is 18.1 Å². The fourth-order valence-electron chi connectivity index (χ4n) is 3.39. The molecule has 0 atom stereocenters. The molecule has 0 radical (unpaired) electrons. The fraction of sp³-hybridized carbons (Fsp3) is 0.185. The van der Waals surface area contributed by atoms with E-state index in [0.29, 0.717) is 47.2 Å². The summed E-state index contributed by atoms with van der Waals surface area (Å²) < 4.78 is 21.9. The maximum Gasteiger partial charge on any atom is 0.287 e. The van der Waals surface area contributed by atoms with E-state index in [1.807, 2.05) is 6.07 Å². The van der Waals surface area contributed by atoms with Crippen molar-refractivity contribution >= 4 is 34.2 Å². The van der Waals surface area contributed by atoms with Crippen LogP contribution in [0, 0.1) is 0 Å². The van der Waals surface area contributed by atoms with Gasteiger partial charge in [-0.2, -0.15) is 0 Å². The zero-order valence-corrected chi connectivity index (χ0v) is 19.8. The smallest absolute Gasteiger partial charge is 0.287 e. The lowest BCUT2D eigenvalue weighted by atomic mass is 10.2. The molecule has 0 saturated heterocycles. The van der Waals surface area contributed by atoms with Crippen LogP contribution in [0.4, 0.5) is 11.4 Å². The molecule has 1 heterocycles. The third-order valence-electron chi connectivity index (χ3n) is 5.25. The van der Waals surface area contributed by atoms with Gasteiger partial charge in [0.2, 0.25) is 0 Å². The highest BCUT2D eigenvalue weighted by Gasteiger charge is 2.13. The number of anilines is 2. The largest absolute Gasteiger partial charge is 0.492 e. The number of nitrogens with one attached hydrogen (secondary N) is 2. The van der Waals surface area contributed by atoms with Crippen LogP contribution in [0.15, 0.2) is 77.2 Å². The summed E-state index contributed by atoms with van der Waals surface area (Å²) in [5.74, 6) is 0.835. The number of fused-ring (bicyclic) bond motifs is 1. The highest BCUT2D eigenvalue weighted by Crippen LogP contribution is 2.24. The number of carbonyl (C=O) groups is 2. The Kier molecular flexibility index (Phi) is 8.05. The number of methoxy groups -OCH3 is 1. The maximum absolute atomic E-state index is 12.5. The second-order valence-corrected chi connectivity index (χ2v) is 7.82. The van der Waals surface area contributed by atoms with Gasteiger partial charge < -0.3 is 35.0 Å². The van der Waals surface area contributed by atoms with Gasteiger partial charge >= 0.3 is 0 Å². The standard InChI is InChI=1S/C27H27N3O6/c1-33-14-15-35-21-10-11-24-19(16-21)17-25(36-24)27(32)29-12-13-34-20-8-6-18(7-9-20)26(31)30-23-5-3-2-4-22(23)28/h2-11,16-17H,12-15,28H2,1H3,(H,29,32)(H,30,31). The molecule has 2 amide bonds. The van der Waals surface area contributed by atoms with Gasteiger partial charge in [-0.3, -0.25) is 9.59 Å². The third kappa shape index (κ3) is 6.34. The predicted octanol–water partition coefficient (Wildman–Crippen LogP) is 4.10. The minimum absolute atomic E-state index is 0.202. The van der Waals surface area contributed by atoms with Crippen molar-refractivity contribution in [3.63, 3.8) is 0 Å². The van der Waals surface area contributed by atoms with E-state index in [-0.39, 0.29) is 30.7 Å². The first-order valence-electron chi connectivity index (χ1n) is 11.4. The zero-order valence-electron chi connectivity index (χ0n) is 19.8. The molecule has 0 spiro atoms. The molecule has 0 aliphatic carbocycles. The Morgan fingerprint density at radius 1 is 0.861 bits per heavy atom. The van der Waals surface area contributed by atoms with Crippen LogP contribution in [0.3, 0.4) is 0 Å². The Hall–Kier alpha value is -4.50. The van der Waals surface area contributed by atoms with Gasteiger partial charge in [-0.15, -0.1) is 0 Å². The van der Waals surface area contributed by atoms with Gasteiger partial charge in [-0.25, -0.2) is 0 Å². The summed E-state index contributed by atoms with van der Waals surface area (Å²) >= 11 is 0. The second kappa shape index (κ2) is 11.8. The maximum atomic E-state index is 12.5. The van der Waals surface area contributed by atoms with Crippen molar-refractivity contribution in [2.45, 2.75) is 0 Å². The molecule has 4 aromatic rings. The number of ether oxygens (including phenoxy) is 3. The number of hydrogen-bond acceptors (Lipinski definition) is 7. The number of carbonyl (C=O) groups excluding carboxylic acids is 2. The Morgan fingerprint density at radius 3 is 2.39 bits per heavy atom. The number of benzene rings is 3. The summed E-state index contributed by atoms with van der Waals surface area (Å²) in [6.45, 7) is 1.45. The molecule has 4 rings (SSSR count). The van der Waals surface area contributed by atoms with Crippen molar-refractivity contribution in [3.05, 3.63) is 84.1 Å². The van der Waals surface area contributed by atoms with Crippen LogP contribution in [-0.4, -0.2) is 45.3 Å². The molecule has 0 bridgehead atoms. The average molecular weight is 490 g/mol. The van der Waals surface area contributed by atoms with Gasteiger partial charge in [-0.05, 0) is 60.7 Å². The highest BCUT2D eigenvalue weighted by atomic mass is 16.5. The minimum atomic E-state index is -0.344. The highest BCUT2D eigenvalue weighted by molar-refractivity contribution is 6.05. The zero-order chi connectivity index (χ0) is 25.3. The van der Waals surface area contributed by atoms with Gasteiger partial charge in [0.15, 0.2) is 5.76 Å². The molecule has 9 heteroatoms. The van der Waals surface area contributed by atoms with E-state index >= 15 is 0 Å². The molecule has 1 aromatic heterocycles. The lowest BCUT2D eigenvalue weighted by molar-refractivity contribution is 0.0920. The van der Waals surface area contributed by atoms with Crippen LogP contribution in [0.25, 0.3) is 11.0 Å². The van der Waals surface area contributed by atoms with Crippen molar-refractivity contribution in [2.24, 2.45) is 0 Å². The Bertz CT molecular complexity index is 1330. The van der Waals surface area contributed by atoms with Crippen LogP contribution >= 0.6 is 0 Å². The number of hydrogen-bond donors (Lipinski definition) is 3. The summed E-state index contributed by atoms with van der Waals surface area (Å²) in [6.07, 6.45) is 0. The number of nitrogen functional groups attached to an aromatic ring is 1. The first-order valence-corrected chi connectivity index (χ1v) is 11.4. The molecule has 0 saturated carbocycles. The lowest BCUT2D eigenvalue weighted by Gasteiger charge is -2.09. The summed E-state index contributed by atoms with van der Waals surface area (Å²) in [5.41, 5.74) is 7.97. The van der Waals surface area contributed by atoms with Crippen LogP contribution < -0.4 is 25.8 Å². The number of furan rings is 1. The van der Waals surface area contributed by atoms with Crippen molar-refractivity contribution in [3.8, 4) is 11.5 Å². The summed E-state index contributed by atoms with van der Waals surface area (Å²) in [7, 11) is 1.61. The van der Waals surface area contributed by atoms with E-state index in [0.717, 1.165) is 5.39 Å². The van der Waals surface area contributed by atoms with Crippen molar-refractivity contribution in [1.29, 1.82) is 0 Å². The SMILES string of the molecule is COCCOc1ccc2oc(C(=O)NCCOc3ccc(C(=O)Nc4ccccc4N)cc3)cc2c1. The van der Waals surface area contributed by atoms with E-state index in [4.69, 9.17) is 24.4 Å². The number of para-hydroxylation sites is 2. The molecular weight excluding hydrogens is 462 g/mol. The Balaban J connectivity index is 1.23.